The van der Waals surface area contributed by atoms with Crippen molar-refractivity contribution in [1.82, 2.24) is 10.4 Å². The molecule has 0 bridgehead atoms. The lowest BCUT2D eigenvalue weighted by Crippen LogP contribution is -2.25. The summed E-state index contributed by atoms with van der Waals surface area (Å²) in [7, 11) is 0. The lowest BCUT2D eigenvalue weighted by Gasteiger charge is -2.19. The molecule has 0 aromatic heterocycles. The topological polar surface area (TPSA) is 71.0 Å². The van der Waals surface area contributed by atoms with Crippen LogP contribution in [0.15, 0.2) is 72.8 Å². The average Bonchev–Trinajstić information content (AvgIpc) is 2.96. The molecule has 0 spiro atoms. The second-order valence-electron chi connectivity index (χ2n) is 6.88. The molecule has 148 valence electrons. The van der Waals surface area contributed by atoms with E-state index in [1.165, 1.54) is 5.56 Å². The summed E-state index contributed by atoms with van der Waals surface area (Å²) >= 11 is 0. The van der Waals surface area contributed by atoms with Gasteiger partial charge in [0.15, 0.2) is 0 Å². The fraction of sp³-hybridized carbons (Fsp3) is 0.174. The Morgan fingerprint density at radius 3 is 2.55 bits per heavy atom. The highest BCUT2D eigenvalue weighted by Gasteiger charge is 2.17. The molecule has 1 aliphatic rings. The van der Waals surface area contributed by atoms with Crippen molar-refractivity contribution in [1.29, 1.82) is 0 Å². The smallest absolute Gasteiger partial charge is 0.274 e. The van der Waals surface area contributed by atoms with Crippen molar-refractivity contribution in [3.63, 3.8) is 0 Å². The van der Waals surface area contributed by atoms with E-state index in [-0.39, 0.29) is 0 Å². The molecule has 0 saturated heterocycles. The summed E-state index contributed by atoms with van der Waals surface area (Å²) < 4.78 is 11.7. The van der Waals surface area contributed by atoms with Crippen LogP contribution in [0.4, 0.5) is 0 Å². The van der Waals surface area contributed by atoms with E-state index < -0.39 is 5.91 Å². The Kier molecular flexibility index (Phi) is 5.74. The number of ether oxygens (including phenoxy) is 2. The maximum Gasteiger partial charge on any atom is 0.274 e. The van der Waals surface area contributed by atoms with Crippen molar-refractivity contribution >= 4 is 5.91 Å². The molecular weight excluding hydrogens is 368 g/mol. The van der Waals surface area contributed by atoms with E-state index in [0.717, 1.165) is 36.7 Å². The number of para-hydroxylation sites is 1. The second-order valence-corrected chi connectivity index (χ2v) is 6.88. The van der Waals surface area contributed by atoms with Gasteiger partial charge in [0.25, 0.3) is 5.91 Å². The van der Waals surface area contributed by atoms with Crippen LogP contribution in [0.25, 0.3) is 0 Å². The molecule has 0 atom stereocenters. The van der Waals surface area contributed by atoms with E-state index in [1.54, 1.807) is 17.6 Å². The number of hydrogen-bond donors (Lipinski definition) is 2. The highest BCUT2D eigenvalue weighted by Crippen LogP contribution is 2.26. The predicted molar refractivity (Wildman–Crippen MR) is 108 cm³/mol. The SMILES string of the molecule is O=C(NO)c1ccc2c(c1)OCCN(Cc1ccc(Oc3ccccc3)cc1)C2. The summed E-state index contributed by atoms with van der Waals surface area (Å²) in [6.07, 6.45) is 0. The summed E-state index contributed by atoms with van der Waals surface area (Å²) in [6, 6.07) is 23.0. The van der Waals surface area contributed by atoms with Gasteiger partial charge in [0.2, 0.25) is 0 Å². The maximum atomic E-state index is 11.6. The molecule has 6 heteroatoms. The van der Waals surface area contributed by atoms with Gasteiger partial charge < -0.3 is 9.47 Å². The Bertz CT molecular complexity index is 974. The van der Waals surface area contributed by atoms with Crippen molar-refractivity contribution < 1.29 is 19.5 Å². The van der Waals surface area contributed by atoms with Crippen LogP contribution in [0.3, 0.4) is 0 Å². The predicted octanol–water partition coefficient (Wildman–Crippen LogP) is 3.99. The lowest BCUT2D eigenvalue weighted by molar-refractivity contribution is 0.0706. The molecule has 3 aromatic rings. The van der Waals surface area contributed by atoms with Crippen LogP contribution in [0, 0.1) is 0 Å². The number of carbonyl (C=O) groups excluding carboxylic acids is 1. The van der Waals surface area contributed by atoms with Gasteiger partial charge in [-0.2, -0.15) is 0 Å². The number of amides is 1. The molecule has 1 aliphatic heterocycles. The van der Waals surface area contributed by atoms with Gasteiger partial charge in [-0.25, -0.2) is 5.48 Å². The van der Waals surface area contributed by atoms with Gasteiger partial charge >= 0.3 is 0 Å². The normalized spacial score (nSPS) is 13.7. The number of hydroxylamine groups is 1. The molecule has 0 fully saturated rings. The summed E-state index contributed by atoms with van der Waals surface area (Å²) in [4.78, 5) is 13.9. The monoisotopic (exact) mass is 390 g/mol. The van der Waals surface area contributed by atoms with E-state index >= 15 is 0 Å². The Balaban J connectivity index is 1.41. The van der Waals surface area contributed by atoms with Crippen LogP contribution in [-0.4, -0.2) is 29.2 Å². The van der Waals surface area contributed by atoms with Gasteiger partial charge in [-0.1, -0.05) is 36.4 Å². The largest absolute Gasteiger partial charge is 0.492 e. The molecule has 6 nitrogen and oxygen atoms in total. The lowest BCUT2D eigenvalue weighted by atomic mass is 10.1. The van der Waals surface area contributed by atoms with Crippen LogP contribution in [0.2, 0.25) is 0 Å². The molecule has 1 heterocycles. The van der Waals surface area contributed by atoms with E-state index in [1.807, 2.05) is 48.5 Å². The quantitative estimate of drug-likeness (QED) is 0.509. The number of benzene rings is 3. The first-order valence-corrected chi connectivity index (χ1v) is 9.45. The van der Waals surface area contributed by atoms with Crippen LogP contribution < -0.4 is 15.0 Å². The molecule has 29 heavy (non-hydrogen) atoms. The van der Waals surface area contributed by atoms with Crippen molar-refractivity contribution in [3.05, 3.63) is 89.5 Å². The first-order chi connectivity index (χ1) is 14.2. The third-order valence-electron chi connectivity index (χ3n) is 4.80. The first kappa shape index (κ1) is 19.0. The van der Waals surface area contributed by atoms with Crippen molar-refractivity contribution in [3.8, 4) is 17.2 Å². The molecule has 0 aliphatic carbocycles. The van der Waals surface area contributed by atoms with Crippen LogP contribution in [0.1, 0.15) is 21.5 Å². The van der Waals surface area contributed by atoms with Crippen molar-refractivity contribution in [2.45, 2.75) is 13.1 Å². The Morgan fingerprint density at radius 1 is 1.03 bits per heavy atom. The fourth-order valence-corrected chi connectivity index (χ4v) is 3.31. The van der Waals surface area contributed by atoms with Crippen LogP contribution >= 0.6 is 0 Å². The molecule has 0 saturated carbocycles. The van der Waals surface area contributed by atoms with Gasteiger partial charge in [0.1, 0.15) is 23.9 Å². The summed E-state index contributed by atoms with van der Waals surface area (Å²) in [6.45, 7) is 2.82. The standard InChI is InChI=1S/C23H22N2O4/c26-23(24-27)18-8-9-19-16-25(12-13-28-22(19)14-18)15-17-6-10-21(11-7-17)29-20-4-2-1-3-5-20/h1-11,14,27H,12-13,15-16H2,(H,24,26). The Labute approximate surface area is 169 Å². The minimum Gasteiger partial charge on any atom is -0.492 e. The zero-order valence-corrected chi connectivity index (χ0v) is 15.9. The second kappa shape index (κ2) is 8.77. The number of carbonyl (C=O) groups is 1. The minimum atomic E-state index is -0.546. The van der Waals surface area contributed by atoms with Crippen LogP contribution in [0.5, 0.6) is 17.2 Å². The third kappa shape index (κ3) is 4.74. The highest BCUT2D eigenvalue weighted by atomic mass is 16.5. The van der Waals surface area contributed by atoms with Crippen molar-refractivity contribution in [2.24, 2.45) is 0 Å². The Hall–Kier alpha value is -3.35. The number of rotatable bonds is 5. The molecule has 2 N–H and O–H groups in total. The summed E-state index contributed by atoms with van der Waals surface area (Å²) in [5, 5.41) is 8.80. The van der Waals surface area contributed by atoms with Crippen molar-refractivity contribution in [2.75, 3.05) is 13.2 Å². The number of fused-ring (bicyclic) bond motifs is 1. The minimum absolute atomic E-state index is 0.369. The molecule has 0 unspecified atom stereocenters. The van der Waals surface area contributed by atoms with E-state index in [9.17, 15) is 4.79 Å². The zero-order valence-electron chi connectivity index (χ0n) is 15.9. The Morgan fingerprint density at radius 2 is 1.79 bits per heavy atom. The average molecular weight is 390 g/mol. The summed E-state index contributed by atoms with van der Waals surface area (Å²) in [5.41, 5.74) is 4.22. The fourth-order valence-electron chi connectivity index (χ4n) is 3.31. The number of hydrogen-bond acceptors (Lipinski definition) is 5. The van der Waals surface area contributed by atoms with Crippen LogP contribution in [-0.2, 0) is 13.1 Å². The van der Waals surface area contributed by atoms with Gasteiger partial charge in [-0.05, 0) is 42.0 Å². The van der Waals surface area contributed by atoms with E-state index in [4.69, 9.17) is 14.7 Å². The first-order valence-electron chi connectivity index (χ1n) is 9.45. The molecule has 1 amide bonds. The van der Waals surface area contributed by atoms with E-state index in [0.29, 0.717) is 17.9 Å². The molecule has 4 rings (SSSR count). The van der Waals surface area contributed by atoms with Gasteiger partial charge in [0, 0.05) is 30.8 Å². The third-order valence-corrected chi connectivity index (χ3v) is 4.80. The van der Waals surface area contributed by atoms with Gasteiger partial charge in [-0.3, -0.25) is 14.9 Å². The molecule has 3 aromatic carbocycles. The zero-order chi connectivity index (χ0) is 20.1. The van der Waals surface area contributed by atoms with Gasteiger partial charge in [0.05, 0.1) is 0 Å². The summed E-state index contributed by atoms with van der Waals surface area (Å²) in [5.74, 6) is 1.76. The number of nitrogens with one attached hydrogen (secondary N) is 1. The maximum absolute atomic E-state index is 11.6. The van der Waals surface area contributed by atoms with E-state index in [2.05, 4.69) is 17.0 Å². The highest BCUT2D eigenvalue weighted by molar-refractivity contribution is 5.93. The molecule has 0 radical (unpaired) electrons. The number of nitrogens with zero attached hydrogens (tertiary/aromatic N) is 1. The molecular formula is C23H22N2O4. The van der Waals surface area contributed by atoms with Gasteiger partial charge in [-0.15, -0.1) is 0 Å².